The van der Waals surface area contributed by atoms with E-state index in [-0.39, 0.29) is 6.10 Å². The molecule has 0 saturated heterocycles. The van der Waals surface area contributed by atoms with Crippen LogP contribution in [0.2, 0.25) is 8.87 Å². The van der Waals surface area contributed by atoms with Crippen LogP contribution in [0.3, 0.4) is 0 Å². The van der Waals surface area contributed by atoms with Crippen LogP contribution in [0.15, 0.2) is 12.7 Å². The summed E-state index contributed by atoms with van der Waals surface area (Å²) in [5, 5.41) is 0. The van der Waals surface area contributed by atoms with Gasteiger partial charge in [0.25, 0.3) is 0 Å². The van der Waals surface area contributed by atoms with Crippen molar-refractivity contribution in [3.8, 4) is 11.8 Å². The molecular formula is C16H29ClOSn. The first kappa shape index (κ1) is 19.3. The maximum atomic E-state index is 6.90. The third-order valence-electron chi connectivity index (χ3n) is 3.06. The minimum atomic E-state index is -2.91. The van der Waals surface area contributed by atoms with Crippen molar-refractivity contribution in [1.29, 1.82) is 0 Å². The van der Waals surface area contributed by atoms with Crippen molar-refractivity contribution in [3.63, 3.8) is 0 Å². The first-order valence-corrected chi connectivity index (χ1v) is 16.4. The normalized spacial score (nSPS) is 12.6. The molecule has 0 spiro atoms. The molecule has 1 atom stereocenters. The second kappa shape index (κ2) is 12.1. The van der Waals surface area contributed by atoms with Gasteiger partial charge in [-0.25, -0.2) is 0 Å². The monoisotopic (exact) mass is 392 g/mol. The summed E-state index contributed by atoms with van der Waals surface area (Å²) < 4.78 is 8.57. The number of halogens is 1. The fourth-order valence-electron chi connectivity index (χ4n) is 1.95. The Morgan fingerprint density at radius 2 is 1.74 bits per heavy atom. The molecule has 0 amide bonds. The van der Waals surface area contributed by atoms with E-state index < -0.39 is 17.7 Å². The fraction of sp³-hybridized carbons (Fsp3) is 0.750. The zero-order chi connectivity index (χ0) is 14.6. The van der Waals surface area contributed by atoms with E-state index in [1.54, 1.807) is 6.08 Å². The van der Waals surface area contributed by atoms with Gasteiger partial charge in [-0.1, -0.05) is 0 Å². The molecule has 3 heteroatoms. The zero-order valence-corrected chi connectivity index (χ0v) is 16.4. The van der Waals surface area contributed by atoms with Gasteiger partial charge in [0.1, 0.15) is 0 Å². The van der Waals surface area contributed by atoms with Crippen LogP contribution in [0.5, 0.6) is 0 Å². The van der Waals surface area contributed by atoms with Crippen LogP contribution in [0.4, 0.5) is 0 Å². The molecule has 0 aliphatic carbocycles. The summed E-state index contributed by atoms with van der Waals surface area (Å²) in [5.74, 6) is 6.09. The van der Waals surface area contributed by atoms with Crippen LogP contribution >= 0.6 is 8.92 Å². The topological polar surface area (TPSA) is 9.23 Å². The Bertz CT molecular complexity index is 285. The van der Waals surface area contributed by atoms with E-state index in [0.29, 0.717) is 0 Å². The molecule has 0 aliphatic heterocycles. The molecule has 0 aliphatic rings. The van der Waals surface area contributed by atoms with Crippen LogP contribution in [-0.2, 0) is 3.07 Å². The van der Waals surface area contributed by atoms with Crippen LogP contribution in [0.25, 0.3) is 0 Å². The zero-order valence-electron chi connectivity index (χ0n) is 12.8. The molecule has 0 aromatic carbocycles. The Labute approximate surface area is 128 Å². The average molecular weight is 392 g/mol. The number of unbranched alkanes of at least 4 members (excludes halogenated alkanes) is 2. The summed E-state index contributed by atoms with van der Waals surface area (Å²) in [6, 6.07) is 0. The van der Waals surface area contributed by atoms with Crippen LogP contribution < -0.4 is 0 Å². The molecule has 1 unspecified atom stereocenters. The van der Waals surface area contributed by atoms with Gasteiger partial charge in [0, 0.05) is 0 Å². The van der Waals surface area contributed by atoms with E-state index in [9.17, 15) is 0 Å². The quantitative estimate of drug-likeness (QED) is 0.346. The Morgan fingerprint density at radius 1 is 1.16 bits per heavy atom. The second-order valence-corrected chi connectivity index (χ2v) is 18.2. The molecule has 0 heterocycles. The molecule has 0 rings (SSSR count). The van der Waals surface area contributed by atoms with E-state index in [1.165, 1.54) is 25.7 Å². The van der Waals surface area contributed by atoms with E-state index in [1.807, 2.05) is 0 Å². The number of allylic oxidation sites excluding steroid dienone is 1. The first-order valence-electron chi connectivity index (χ1n) is 7.60. The van der Waals surface area contributed by atoms with E-state index >= 15 is 0 Å². The second-order valence-electron chi connectivity index (χ2n) is 4.98. The molecule has 0 aromatic rings. The number of rotatable bonds is 10. The summed E-state index contributed by atoms with van der Waals surface area (Å²) in [6.07, 6.45) is 8.48. The van der Waals surface area contributed by atoms with Crippen LogP contribution in [0, 0.1) is 11.8 Å². The van der Waals surface area contributed by atoms with Gasteiger partial charge in [0.15, 0.2) is 0 Å². The summed E-state index contributed by atoms with van der Waals surface area (Å²) in [7, 11) is 6.90. The molecule has 0 N–H and O–H groups in total. The molecule has 1 nitrogen and oxygen atoms in total. The van der Waals surface area contributed by atoms with Crippen molar-refractivity contribution in [2.75, 3.05) is 0 Å². The molecule has 0 saturated carbocycles. The van der Waals surface area contributed by atoms with Gasteiger partial charge in [-0.3, -0.25) is 0 Å². The predicted molar refractivity (Wildman–Crippen MR) is 88.8 cm³/mol. The number of hydrogen-bond acceptors (Lipinski definition) is 1. The van der Waals surface area contributed by atoms with Gasteiger partial charge in [0.05, 0.1) is 0 Å². The third-order valence-corrected chi connectivity index (χ3v) is 14.5. The molecule has 0 aromatic heterocycles. The van der Waals surface area contributed by atoms with Crippen molar-refractivity contribution < 1.29 is 3.07 Å². The SMILES string of the molecule is C=CC#CC(CCC)[O][Sn]([Cl])([CH2]CCC)[CH2]CCC. The Kier molecular flexibility index (Phi) is 12.3. The summed E-state index contributed by atoms with van der Waals surface area (Å²) in [4.78, 5) is 0. The van der Waals surface area contributed by atoms with Gasteiger partial charge >= 0.3 is 128 Å². The molecule has 110 valence electrons. The van der Waals surface area contributed by atoms with Gasteiger partial charge in [-0.05, 0) is 0 Å². The minimum absolute atomic E-state index is 0.0185. The Balaban J connectivity index is 4.66. The van der Waals surface area contributed by atoms with Gasteiger partial charge in [0.2, 0.25) is 0 Å². The summed E-state index contributed by atoms with van der Waals surface area (Å²) >= 11 is -2.91. The molecule has 19 heavy (non-hydrogen) atoms. The van der Waals surface area contributed by atoms with Crippen molar-refractivity contribution in [2.24, 2.45) is 0 Å². The Morgan fingerprint density at radius 3 is 2.16 bits per heavy atom. The first-order chi connectivity index (χ1) is 9.11. The average Bonchev–Trinajstić information content (AvgIpc) is 2.41. The Hall–Kier alpha value is 0.349. The maximum absolute atomic E-state index is 6.90. The van der Waals surface area contributed by atoms with Crippen LogP contribution in [0.1, 0.15) is 59.3 Å². The van der Waals surface area contributed by atoms with Crippen molar-refractivity contribution >= 4 is 26.6 Å². The number of hydrogen-bond donors (Lipinski definition) is 0. The van der Waals surface area contributed by atoms with E-state index in [0.717, 1.165) is 21.7 Å². The van der Waals surface area contributed by atoms with E-state index in [2.05, 4.69) is 39.2 Å². The van der Waals surface area contributed by atoms with Crippen molar-refractivity contribution in [2.45, 2.75) is 74.3 Å². The van der Waals surface area contributed by atoms with E-state index in [4.69, 9.17) is 12.0 Å². The van der Waals surface area contributed by atoms with Crippen molar-refractivity contribution in [1.82, 2.24) is 0 Å². The predicted octanol–water partition coefficient (Wildman–Crippen LogP) is 5.64. The van der Waals surface area contributed by atoms with Gasteiger partial charge < -0.3 is 0 Å². The molecule has 0 bridgehead atoms. The summed E-state index contributed by atoms with van der Waals surface area (Å²) in [5.41, 5.74) is 0. The molecular weight excluding hydrogens is 362 g/mol. The van der Waals surface area contributed by atoms with Gasteiger partial charge in [-0.15, -0.1) is 0 Å². The third kappa shape index (κ3) is 9.82. The fourth-order valence-corrected chi connectivity index (χ4v) is 12.8. The molecule has 0 radical (unpaired) electrons. The van der Waals surface area contributed by atoms with Crippen molar-refractivity contribution in [3.05, 3.63) is 12.7 Å². The van der Waals surface area contributed by atoms with Crippen LogP contribution in [-0.4, -0.2) is 23.8 Å². The summed E-state index contributed by atoms with van der Waals surface area (Å²) in [6.45, 7) is 10.2. The molecule has 0 fully saturated rings. The standard InChI is InChI=1S/C8H11O.2C4H9.ClH.Sn/c1-3-5-7-8(9)6-4-2;2*1-3-4-2;;/h3,8H,1,4,6H2,2H3;2*1,3-4H2,2H3;1H;/q-1;;;;+2/p-1. The van der Waals surface area contributed by atoms with Gasteiger partial charge in [-0.2, -0.15) is 0 Å².